The summed E-state index contributed by atoms with van der Waals surface area (Å²) in [5.74, 6) is 1.63. The minimum Gasteiger partial charge on any atom is -0.343 e. The molecule has 3 aliphatic rings. The van der Waals surface area contributed by atoms with E-state index in [1.807, 2.05) is 4.90 Å². The van der Waals surface area contributed by atoms with Gasteiger partial charge in [0.25, 0.3) is 0 Å². The highest BCUT2D eigenvalue weighted by Gasteiger charge is 2.55. The molecule has 0 spiro atoms. The van der Waals surface area contributed by atoms with E-state index in [1.165, 1.54) is 25.7 Å². The number of hydrogen-bond acceptors (Lipinski definition) is 5. The SMILES string of the molecule is O=C(C1[C@@H]2CCCC[C@@H]12)N1CCN(c2nnc(C(F)(F)F)s2)CC1. The Kier molecular flexibility index (Phi) is 3.93. The largest absolute Gasteiger partial charge is 0.445 e. The number of rotatable bonds is 2. The third-order valence-electron chi connectivity index (χ3n) is 5.46. The molecule has 1 amide bonds. The van der Waals surface area contributed by atoms with Crippen LogP contribution in [0, 0.1) is 17.8 Å². The van der Waals surface area contributed by atoms with Crippen molar-refractivity contribution in [2.45, 2.75) is 31.9 Å². The molecule has 2 heterocycles. The molecule has 1 aromatic heterocycles. The summed E-state index contributed by atoms with van der Waals surface area (Å²) < 4.78 is 37.8. The molecular weight excluding hydrogens is 341 g/mol. The van der Waals surface area contributed by atoms with Crippen LogP contribution in [0.3, 0.4) is 0 Å². The number of alkyl halides is 3. The van der Waals surface area contributed by atoms with Gasteiger partial charge in [0.1, 0.15) is 0 Å². The van der Waals surface area contributed by atoms with E-state index >= 15 is 0 Å². The van der Waals surface area contributed by atoms with Crippen molar-refractivity contribution in [1.82, 2.24) is 15.1 Å². The van der Waals surface area contributed by atoms with Crippen LogP contribution in [0.4, 0.5) is 18.3 Å². The normalized spacial score (nSPS) is 30.2. The first-order valence-electron chi connectivity index (χ1n) is 8.39. The highest BCUT2D eigenvalue weighted by Crippen LogP contribution is 2.56. The van der Waals surface area contributed by atoms with E-state index in [4.69, 9.17) is 0 Å². The second kappa shape index (κ2) is 5.86. The van der Waals surface area contributed by atoms with Crippen molar-refractivity contribution in [3.63, 3.8) is 0 Å². The average molecular weight is 360 g/mol. The summed E-state index contributed by atoms with van der Waals surface area (Å²) in [6.07, 6.45) is 0.364. The highest BCUT2D eigenvalue weighted by atomic mass is 32.1. The molecule has 9 heteroatoms. The molecule has 132 valence electrons. The zero-order chi connectivity index (χ0) is 16.9. The second-order valence-corrected chi connectivity index (χ2v) is 7.79. The summed E-state index contributed by atoms with van der Waals surface area (Å²) in [7, 11) is 0. The summed E-state index contributed by atoms with van der Waals surface area (Å²) in [5, 5.41) is 6.25. The topological polar surface area (TPSA) is 49.3 Å². The van der Waals surface area contributed by atoms with Gasteiger partial charge in [-0.2, -0.15) is 13.2 Å². The number of anilines is 1. The number of piperazine rings is 1. The maximum atomic E-state index is 12.6. The molecule has 1 aromatic rings. The van der Waals surface area contributed by atoms with Crippen molar-refractivity contribution >= 4 is 22.4 Å². The monoisotopic (exact) mass is 360 g/mol. The minimum absolute atomic E-state index is 0.206. The van der Waals surface area contributed by atoms with E-state index < -0.39 is 11.2 Å². The number of amides is 1. The quantitative estimate of drug-likeness (QED) is 0.814. The van der Waals surface area contributed by atoms with Gasteiger partial charge in [0, 0.05) is 32.1 Å². The highest BCUT2D eigenvalue weighted by molar-refractivity contribution is 7.15. The third-order valence-corrected chi connectivity index (χ3v) is 6.49. The van der Waals surface area contributed by atoms with E-state index in [-0.39, 0.29) is 17.0 Å². The minimum atomic E-state index is -4.45. The number of aromatic nitrogens is 2. The lowest BCUT2D eigenvalue weighted by Gasteiger charge is -2.34. The molecule has 24 heavy (non-hydrogen) atoms. The van der Waals surface area contributed by atoms with E-state index in [0.717, 1.165) is 0 Å². The van der Waals surface area contributed by atoms with Gasteiger partial charge >= 0.3 is 6.18 Å². The zero-order valence-electron chi connectivity index (χ0n) is 13.1. The Morgan fingerprint density at radius 3 is 2.21 bits per heavy atom. The van der Waals surface area contributed by atoms with Crippen molar-refractivity contribution in [1.29, 1.82) is 0 Å². The van der Waals surface area contributed by atoms with E-state index in [1.54, 1.807) is 4.90 Å². The smallest absolute Gasteiger partial charge is 0.343 e. The Hall–Kier alpha value is -1.38. The zero-order valence-corrected chi connectivity index (χ0v) is 13.9. The van der Waals surface area contributed by atoms with Crippen LogP contribution in [0.25, 0.3) is 0 Å². The lowest BCUT2D eigenvalue weighted by Crippen LogP contribution is -2.49. The molecule has 0 radical (unpaired) electrons. The first-order valence-corrected chi connectivity index (χ1v) is 9.21. The summed E-state index contributed by atoms with van der Waals surface area (Å²) in [5.41, 5.74) is 0. The maximum Gasteiger partial charge on any atom is 0.445 e. The van der Waals surface area contributed by atoms with Gasteiger partial charge in [0.2, 0.25) is 16.0 Å². The number of halogens is 3. The van der Waals surface area contributed by atoms with Gasteiger partial charge in [0.05, 0.1) is 0 Å². The summed E-state index contributed by atoms with van der Waals surface area (Å²) in [4.78, 5) is 16.3. The molecule has 3 fully saturated rings. The van der Waals surface area contributed by atoms with Gasteiger partial charge in [-0.15, -0.1) is 10.2 Å². The van der Waals surface area contributed by atoms with Gasteiger partial charge in [-0.1, -0.05) is 24.2 Å². The van der Waals surface area contributed by atoms with Crippen molar-refractivity contribution < 1.29 is 18.0 Å². The van der Waals surface area contributed by atoms with Gasteiger partial charge in [0.15, 0.2) is 0 Å². The molecule has 5 nitrogen and oxygen atoms in total. The lowest BCUT2D eigenvalue weighted by molar-refractivity contribution is -0.138. The third kappa shape index (κ3) is 2.87. The molecular formula is C15H19F3N4OS. The Labute approximate surface area is 141 Å². The van der Waals surface area contributed by atoms with Crippen molar-refractivity contribution in [3.8, 4) is 0 Å². The number of carbonyl (C=O) groups is 1. The molecule has 2 atom stereocenters. The Bertz CT molecular complexity index is 614. The van der Waals surface area contributed by atoms with Crippen molar-refractivity contribution in [2.24, 2.45) is 17.8 Å². The summed E-state index contributed by atoms with van der Waals surface area (Å²) in [6.45, 7) is 2.13. The number of hydrogen-bond donors (Lipinski definition) is 0. The number of nitrogens with zero attached hydrogens (tertiary/aromatic N) is 4. The Balaban J connectivity index is 1.34. The summed E-state index contributed by atoms with van der Waals surface area (Å²) in [6, 6.07) is 0. The lowest BCUT2D eigenvalue weighted by atomic mass is 10.0. The summed E-state index contributed by atoms with van der Waals surface area (Å²) >= 11 is 0.566. The number of carbonyl (C=O) groups excluding carboxylic acids is 1. The van der Waals surface area contributed by atoms with Gasteiger partial charge in [-0.3, -0.25) is 4.79 Å². The van der Waals surface area contributed by atoms with Crippen molar-refractivity contribution in [3.05, 3.63) is 5.01 Å². The Morgan fingerprint density at radius 1 is 1.04 bits per heavy atom. The molecule has 0 unspecified atom stereocenters. The van der Waals surface area contributed by atoms with Crippen LogP contribution in [0.1, 0.15) is 30.7 Å². The van der Waals surface area contributed by atoms with Crippen LogP contribution in [-0.4, -0.2) is 47.2 Å². The van der Waals surface area contributed by atoms with Gasteiger partial charge in [-0.05, 0) is 24.7 Å². The molecule has 0 aromatic carbocycles. The molecule has 1 saturated heterocycles. The standard InChI is InChI=1S/C15H19F3N4OS/c16-15(17,18)13-19-20-14(24-13)22-7-5-21(6-8-22)12(23)11-9-3-1-2-4-10(9)11/h9-11H,1-8H2/t9-,10-/m1/s1. The first kappa shape index (κ1) is 16.1. The van der Waals surface area contributed by atoms with Crippen LogP contribution < -0.4 is 4.90 Å². The van der Waals surface area contributed by atoms with E-state index in [2.05, 4.69) is 10.2 Å². The molecule has 0 bridgehead atoms. The van der Waals surface area contributed by atoms with Crippen LogP contribution in [0.15, 0.2) is 0 Å². The van der Waals surface area contributed by atoms with Crippen LogP contribution in [0.5, 0.6) is 0 Å². The molecule has 0 N–H and O–H groups in total. The molecule has 1 aliphatic heterocycles. The van der Waals surface area contributed by atoms with Crippen LogP contribution in [0.2, 0.25) is 0 Å². The van der Waals surface area contributed by atoms with Crippen molar-refractivity contribution in [2.75, 3.05) is 31.1 Å². The average Bonchev–Trinajstić information content (AvgIpc) is 3.06. The number of fused-ring (bicyclic) bond motifs is 1. The predicted octanol–water partition coefficient (Wildman–Crippen LogP) is 2.64. The van der Waals surface area contributed by atoms with Crippen LogP contribution >= 0.6 is 11.3 Å². The fourth-order valence-electron chi connectivity index (χ4n) is 4.15. The fraction of sp³-hybridized carbons (Fsp3) is 0.800. The van der Waals surface area contributed by atoms with Gasteiger partial charge in [-0.25, -0.2) is 0 Å². The Morgan fingerprint density at radius 2 is 1.67 bits per heavy atom. The predicted molar refractivity (Wildman–Crippen MR) is 82.6 cm³/mol. The second-order valence-electron chi connectivity index (χ2n) is 6.84. The molecule has 4 rings (SSSR count). The molecule has 2 saturated carbocycles. The molecule has 2 aliphatic carbocycles. The van der Waals surface area contributed by atoms with E-state index in [0.29, 0.717) is 49.4 Å². The van der Waals surface area contributed by atoms with E-state index in [9.17, 15) is 18.0 Å². The first-order chi connectivity index (χ1) is 11.4. The fourth-order valence-corrected chi connectivity index (χ4v) is 4.91. The maximum absolute atomic E-state index is 12.6. The van der Waals surface area contributed by atoms with Crippen LogP contribution in [-0.2, 0) is 11.0 Å². The van der Waals surface area contributed by atoms with Gasteiger partial charge < -0.3 is 9.80 Å².